The molecule has 3 aromatic rings. The number of halogens is 1. The Morgan fingerprint density at radius 3 is 2.42 bits per heavy atom. The van der Waals surface area contributed by atoms with Gasteiger partial charge in [0, 0.05) is 31.2 Å². The maximum atomic E-state index is 13.6. The molecule has 1 saturated heterocycles. The highest BCUT2D eigenvalue weighted by atomic mass is 19.1. The van der Waals surface area contributed by atoms with Crippen LogP contribution in [-0.2, 0) is 25.9 Å². The van der Waals surface area contributed by atoms with Crippen molar-refractivity contribution in [2.75, 3.05) is 19.6 Å². The van der Waals surface area contributed by atoms with Gasteiger partial charge in [-0.15, -0.1) is 0 Å². The number of nitrogens with zero attached hydrogens (tertiary/aromatic N) is 2. The number of hydrogen-bond acceptors (Lipinski definition) is 3. The maximum absolute atomic E-state index is 13.6. The van der Waals surface area contributed by atoms with Crippen LogP contribution in [0, 0.1) is 5.82 Å². The Morgan fingerprint density at radius 2 is 1.67 bits per heavy atom. The van der Waals surface area contributed by atoms with Crippen molar-refractivity contribution in [3.8, 4) is 0 Å². The predicted octanol–water partition coefficient (Wildman–Crippen LogP) is 4.97. The van der Waals surface area contributed by atoms with E-state index in [1.165, 1.54) is 54.3 Å². The van der Waals surface area contributed by atoms with Crippen LogP contribution >= 0.6 is 0 Å². The molecule has 5 rings (SSSR count). The fourth-order valence-electron chi connectivity index (χ4n) is 5.42. The van der Waals surface area contributed by atoms with E-state index < -0.39 is 0 Å². The number of pyridine rings is 1. The van der Waals surface area contributed by atoms with Gasteiger partial charge in [-0.05, 0) is 105 Å². The summed E-state index contributed by atoms with van der Waals surface area (Å²) in [6, 6.07) is 13.3. The lowest BCUT2D eigenvalue weighted by Crippen LogP contribution is -2.36. The normalized spacial score (nSPS) is 17.4. The summed E-state index contributed by atoms with van der Waals surface area (Å²) >= 11 is 0. The molecule has 2 aliphatic rings. The number of piperidine rings is 1. The van der Waals surface area contributed by atoms with Crippen molar-refractivity contribution in [3.63, 3.8) is 0 Å². The van der Waals surface area contributed by atoms with E-state index in [0.29, 0.717) is 6.54 Å². The summed E-state index contributed by atoms with van der Waals surface area (Å²) in [5.41, 5.74) is 5.84. The van der Waals surface area contributed by atoms with E-state index in [4.69, 9.17) is 0 Å². The second-order valence-electron chi connectivity index (χ2n) is 9.72. The molecule has 0 saturated carbocycles. The van der Waals surface area contributed by atoms with Gasteiger partial charge in [-0.25, -0.2) is 4.39 Å². The van der Waals surface area contributed by atoms with E-state index in [1.807, 2.05) is 4.57 Å². The van der Waals surface area contributed by atoms with Crippen molar-refractivity contribution in [3.05, 3.63) is 80.9 Å². The highest BCUT2D eigenvalue weighted by Gasteiger charge is 2.18. The number of aryl methyl sites for hydroxylation is 2. The second-order valence-corrected chi connectivity index (χ2v) is 9.72. The van der Waals surface area contributed by atoms with Gasteiger partial charge in [0.15, 0.2) is 0 Å². The third-order valence-corrected chi connectivity index (χ3v) is 7.44. The van der Waals surface area contributed by atoms with Crippen LogP contribution in [0.15, 0.2) is 47.3 Å². The summed E-state index contributed by atoms with van der Waals surface area (Å²) in [6.45, 7) is 6.48. The Morgan fingerprint density at radius 1 is 0.939 bits per heavy atom. The van der Waals surface area contributed by atoms with E-state index in [2.05, 4.69) is 35.3 Å². The lowest BCUT2D eigenvalue weighted by atomic mass is 10.0. The van der Waals surface area contributed by atoms with Crippen LogP contribution in [0.4, 0.5) is 4.39 Å². The molecule has 1 unspecified atom stereocenters. The third-order valence-electron chi connectivity index (χ3n) is 7.44. The van der Waals surface area contributed by atoms with E-state index >= 15 is 0 Å². The van der Waals surface area contributed by atoms with Gasteiger partial charge in [0.2, 0.25) is 0 Å². The standard InChI is InChI=1S/C28H34FN3O/c1-20(21-8-10-26(29)11-9-21)30-19-25-17-24-16-22-6-5-7-23(22)18-27(24)32(28(25)33)15-14-31-12-3-2-4-13-31/h8-11,16-18,20,30H,2-7,12-15,19H2,1H3. The van der Waals surface area contributed by atoms with Gasteiger partial charge >= 0.3 is 0 Å². The van der Waals surface area contributed by atoms with Gasteiger partial charge in [-0.1, -0.05) is 18.6 Å². The van der Waals surface area contributed by atoms with E-state index in [1.54, 1.807) is 12.1 Å². The van der Waals surface area contributed by atoms with E-state index in [9.17, 15) is 9.18 Å². The molecule has 5 heteroatoms. The molecule has 2 heterocycles. The molecule has 1 aliphatic carbocycles. The summed E-state index contributed by atoms with van der Waals surface area (Å²) in [5, 5.41) is 4.65. The number of aromatic nitrogens is 1. The van der Waals surface area contributed by atoms with Crippen LogP contribution in [0.5, 0.6) is 0 Å². The van der Waals surface area contributed by atoms with Crippen LogP contribution in [0.25, 0.3) is 10.9 Å². The molecule has 0 bridgehead atoms. The van der Waals surface area contributed by atoms with Crippen LogP contribution in [-0.4, -0.2) is 29.1 Å². The number of fused-ring (bicyclic) bond motifs is 2. The molecule has 0 radical (unpaired) electrons. The molecule has 174 valence electrons. The van der Waals surface area contributed by atoms with Crippen molar-refractivity contribution < 1.29 is 4.39 Å². The first-order valence-corrected chi connectivity index (χ1v) is 12.5. The first-order valence-electron chi connectivity index (χ1n) is 12.5. The smallest absolute Gasteiger partial charge is 0.255 e. The average Bonchev–Trinajstić information content (AvgIpc) is 3.29. The van der Waals surface area contributed by atoms with Gasteiger partial charge < -0.3 is 14.8 Å². The average molecular weight is 448 g/mol. The van der Waals surface area contributed by atoms with Crippen LogP contribution in [0.3, 0.4) is 0 Å². The summed E-state index contributed by atoms with van der Waals surface area (Å²) in [7, 11) is 0. The Bertz CT molecular complexity index is 1180. The third kappa shape index (κ3) is 4.90. The first-order chi connectivity index (χ1) is 16.1. The Hall–Kier alpha value is -2.50. The molecule has 0 amide bonds. The molecular weight excluding hydrogens is 413 g/mol. The minimum atomic E-state index is -0.232. The Labute approximate surface area is 195 Å². The lowest BCUT2D eigenvalue weighted by Gasteiger charge is -2.27. The number of nitrogens with one attached hydrogen (secondary N) is 1. The topological polar surface area (TPSA) is 37.3 Å². The van der Waals surface area contributed by atoms with Gasteiger partial charge in [-0.2, -0.15) is 0 Å². The minimum Gasteiger partial charge on any atom is -0.307 e. The number of likely N-dealkylation sites (tertiary alicyclic amines) is 1. The minimum absolute atomic E-state index is 0.0301. The fourth-order valence-corrected chi connectivity index (χ4v) is 5.42. The molecule has 4 nitrogen and oxygen atoms in total. The molecule has 1 N–H and O–H groups in total. The summed E-state index contributed by atoms with van der Waals surface area (Å²) < 4.78 is 15.3. The monoisotopic (exact) mass is 447 g/mol. The largest absolute Gasteiger partial charge is 0.307 e. The van der Waals surface area contributed by atoms with Crippen molar-refractivity contribution in [1.82, 2.24) is 14.8 Å². The quantitative estimate of drug-likeness (QED) is 0.556. The SMILES string of the molecule is CC(NCc1cc2cc3c(cc2n(CCN2CCCCC2)c1=O)CCC3)c1ccc(F)cc1. The predicted molar refractivity (Wildman–Crippen MR) is 132 cm³/mol. The maximum Gasteiger partial charge on any atom is 0.255 e. The lowest BCUT2D eigenvalue weighted by molar-refractivity contribution is 0.221. The van der Waals surface area contributed by atoms with E-state index in [-0.39, 0.29) is 17.4 Å². The molecule has 0 spiro atoms. The fraction of sp³-hybridized carbons (Fsp3) is 0.464. The summed E-state index contributed by atoms with van der Waals surface area (Å²) in [6.07, 6.45) is 7.28. The highest BCUT2D eigenvalue weighted by molar-refractivity contribution is 5.82. The number of benzene rings is 2. The van der Waals surface area contributed by atoms with Gasteiger partial charge in [0.25, 0.3) is 5.56 Å². The summed E-state index contributed by atoms with van der Waals surface area (Å²) in [4.78, 5) is 16.1. The molecule has 1 aliphatic heterocycles. The molecule has 1 aromatic heterocycles. The number of hydrogen-bond donors (Lipinski definition) is 1. The van der Waals surface area contributed by atoms with E-state index in [0.717, 1.165) is 55.7 Å². The van der Waals surface area contributed by atoms with Crippen LogP contribution in [0.1, 0.15) is 60.9 Å². The Balaban J connectivity index is 1.43. The van der Waals surface area contributed by atoms with Crippen molar-refractivity contribution >= 4 is 10.9 Å². The molecule has 1 atom stereocenters. The zero-order valence-corrected chi connectivity index (χ0v) is 19.6. The Kier molecular flexibility index (Phi) is 6.61. The zero-order valence-electron chi connectivity index (χ0n) is 19.6. The van der Waals surface area contributed by atoms with Crippen molar-refractivity contribution in [1.29, 1.82) is 0 Å². The van der Waals surface area contributed by atoms with Gasteiger partial charge in [0.05, 0.1) is 5.52 Å². The first kappa shape index (κ1) is 22.3. The molecule has 33 heavy (non-hydrogen) atoms. The highest BCUT2D eigenvalue weighted by Crippen LogP contribution is 2.27. The van der Waals surface area contributed by atoms with Crippen LogP contribution < -0.4 is 10.9 Å². The van der Waals surface area contributed by atoms with Crippen LogP contribution in [0.2, 0.25) is 0 Å². The molecular formula is C28H34FN3O. The van der Waals surface area contributed by atoms with Crippen molar-refractivity contribution in [2.45, 2.75) is 64.6 Å². The summed E-state index contributed by atoms with van der Waals surface area (Å²) in [5.74, 6) is -0.232. The zero-order chi connectivity index (χ0) is 22.8. The number of rotatable bonds is 7. The molecule has 2 aromatic carbocycles. The second kappa shape index (κ2) is 9.78. The van der Waals surface area contributed by atoms with Gasteiger partial charge in [-0.3, -0.25) is 4.79 Å². The molecule has 1 fully saturated rings. The van der Waals surface area contributed by atoms with Crippen molar-refractivity contribution in [2.24, 2.45) is 0 Å². The van der Waals surface area contributed by atoms with Gasteiger partial charge in [0.1, 0.15) is 5.82 Å².